The molecular weight excluding hydrogens is 312 g/mol. The molecule has 0 saturated carbocycles. The lowest BCUT2D eigenvalue weighted by Gasteiger charge is -2.39. The van der Waals surface area contributed by atoms with E-state index in [1.165, 1.54) is 0 Å². The highest BCUT2D eigenvalue weighted by atomic mass is 79.9. The number of hydrogen-bond acceptors (Lipinski definition) is 3. The van der Waals surface area contributed by atoms with Crippen molar-refractivity contribution in [2.45, 2.75) is 58.0 Å². The van der Waals surface area contributed by atoms with Gasteiger partial charge in [0.2, 0.25) is 0 Å². The second kappa shape index (κ2) is 7.66. The zero-order valence-electron chi connectivity index (χ0n) is 12.5. The number of hydrogen-bond donors (Lipinski definition) is 0. The summed E-state index contributed by atoms with van der Waals surface area (Å²) >= 11 is 3.10. The fourth-order valence-corrected chi connectivity index (χ4v) is 2.83. The Balaban J connectivity index is 4.67. The molecule has 0 aliphatic rings. The van der Waals surface area contributed by atoms with Gasteiger partial charge in [-0.1, -0.05) is 26.7 Å². The molecule has 0 aliphatic carbocycles. The van der Waals surface area contributed by atoms with Crippen molar-refractivity contribution < 1.29 is 13.9 Å². The third-order valence-electron chi connectivity index (χ3n) is 3.28. The van der Waals surface area contributed by atoms with Crippen molar-refractivity contribution in [1.29, 1.82) is 0 Å². The van der Waals surface area contributed by atoms with Crippen LogP contribution >= 0.6 is 15.9 Å². The molecule has 0 saturated heterocycles. The summed E-state index contributed by atoms with van der Waals surface area (Å²) in [5.41, 5.74) is 0. The van der Waals surface area contributed by atoms with Gasteiger partial charge in [-0.25, -0.2) is 0 Å². The van der Waals surface area contributed by atoms with Gasteiger partial charge in [0, 0.05) is 23.0 Å². The van der Waals surface area contributed by atoms with Crippen LogP contribution in [0, 0.1) is 10.8 Å². The molecule has 0 aromatic carbocycles. The van der Waals surface area contributed by atoms with Crippen LogP contribution in [0.2, 0.25) is 18.1 Å². The monoisotopic (exact) mass is 336 g/mol. The molecule has 0 aliphatic heterocycles. The van der Waals surface area contributed by atoms with E-state index in [2.05, 4.69) is 60.5 Å². The minimum Gasteiger partial charge on any atom is -0.411 e. The Hall–Kier alpha value is 0.137. The van der Waals surface area contributed by atoms with Gasteiger partial charge in [0.05, 0.1) is 6.10 Å². The van der Waals surface area contributed by atoms with Crippen LogP contribution in [0.1, 0.15) is 27.7 Å². The lowest BCUT2D eigenvalue weighted by atomic mass is 10.2. The minimum absolute atomic E-state index is 0.0777. The van der Waals surface area contributed by atoms with Crippen molar-refractivity contribution in [3.8, 4) is 10.8 Å². The highest BCUT2D eigenvalue weighted by Crippen LogP contribution is 2.37. The lowest BCUT2D eigenvalue weighted by molar-refractivity contribution is -0.0825. The Bertz CT molecular complexity index is 302. The normalized spacial score (nSPS) is 15.8. The summed E-state index contributed by atoms with van der Waals surface area (Å²) in [7, 11) is -0.208. The van der Waals surface area contributed by atoms with Crippen molar-refractivity contribution in [2.75, 3.05) is 13.9 Å². The van der Waals surface area contributed by atoms with E-state index in [4.69, 9.17) is 13.9 Å². The van der Waals surface area contributed by atoms with Crippen molar-refractivity contribution in [3.05, 3.63) is 0 Å². The quantitative estimate of drug-likeness (QED) is 0.420. The van der Waals surface area contributed by atoms with Gasteiger partial charge >= 0.3 is 0 Å². The Morgan fingerprint density at radius 1 is 1.28 bits per heavy atom. The van der Waals surface area contributed by atoms with Gasteiger partial charge in [0.25, 0.3) is 0 Å². The third-order valence-corrected chi connectivity index (χ3v) is 8.08. The second-order valence-electron chi connectivity index (χ2n) is 5.82. The first-order chi connectivity index (χ1) is 8.15. The number of rotatable bonds is 6. The van der Waals surface area contributed by atoms with Crippen molar-refractivity contribution in [2.24, 2.45) is 0 Å². The van der Waals surface area contributed by atoms with Gasteiger partial charge in [-0.15, -0.1) is 0 Å². The Morgan fingerprint density at radius 2 is 1.83 bits per heavy atom. The first-order valence-electron chi connectivity index (χ1n) is 6.05. The molecule has 0 radical (unpaired) electrons. The number of methoxy groups -OCH3 is 1. The van der Waals surface area contributed by atoms with Gasteiger partial charge in [-0.05, 0) is 29.9 Å². The second-order valence-corrected chi connectivity index (χ2v) is 11.0. The summed E-state index contributed by atoms with van der Waals surface area (Å²) in [6.07, 6.45) is -0.357. The Kier molecular flexibility index (Phi) is 7.72. The molecule has 0 rings (SSSR count). The summed E-state index contributed by atoms with van der Waals surface area (Å²) in [4.78, 5) is 2.70. The molecule has 106 valence electrons. The van der Waals surface area contributed by atoms with Crippen molar-refractivity contribution in [1.82, 2.24) is 0 Å². The number of ether oxygens (including phenoxy) is 2. The highest BCUT2D eigenvalue weighted by Gasteiger charge is 2.39. The molecule has 0 aromatic rings. The van der Waals surface area contributed by atoms with E-state index in [0.29, 0.717) is 0 Å². The van der Waals surface area contributed by atoms with Crippen LogP contribution in [0.4, 0.5) is 0 Å². The maximum Gasteiger partial charge on any atom is 0.192 e. The van der Waals surface area contributed by atoms with Crippen LogP contribution < -0.4 is 0 Å². The Labute approximate surface area is 121 Å². The third kappa shape index (κ3) is 5.85. The predicted octanol–water partition coefficient (Wildman–Crippen LogP) is 3.74. The average molecular weight is 337 g/mol. The zero-order valence-corrected chi connectivity index (χ0v) is 15.1. The molecule has 0 spiro atoms. The van der Waals surface area contributed by atoms with Crippen molar-refractivity contribution in [3.63, 3.8) is 0 Å². The van der Waals surface area contributed by atoms with Gasteiger partial charge in [-0.2, -0.15) is 0 Å². The minimum atomic E-state index is -1.80. The smallest absolute Gasteiger partial charge is 0.192 e. The van der Waals surface area contributed by atoms with E-state index in [1.54, 1.807) is 7.11 Å². The number of halogens is 1. The molecule has 2 atom stereocenters. The van der Waals surface area contributed by atoms with Crippen LogP contribution in [0.5, 0.6) is 0 Å². The molecule has 0 N–H and O–H groups in total. The fourth-order valence-electron chi connectivity index (χ4n) is 1.19. The molecular formula is C13H25BrO3Si. The van der Waals surface area contributed by atoms with E-state index in [9.17, 15) is 0 Å². The summed E-state index contributed by atoms with van der Waals surface area (Å²) in [5.74, 6) is 2.95. The summed E-state index contributed by atoms with van der Waals surface area (Å²) in [6.45, 7) is 13.3. The van der Waals surface area contributed by atoms with E-state index < -0.39 is 8.32 Å². The first kappa shape index (κ1) is 18.1. The topological polar surface area (TPSA) is 27.7 Å². The van der Waals surface area contributed by atoms with Crippen LogP contribution in [0.3, 0.4) is 0 Å². The molecule has 0 unspecified atom stereocenters. The SMILES string of the molecule is COCO[C@H](C#CBr)[C@H](C)O[Si](C)(C)C(C)(C)C. The van der Waals surface area contributed by atoms with Gasteiger partial charge in [0.15, 0.2) is 8.32 Å². The van der Waals surface area contributed by atoms with Crippen LogP contribution in [-0.2, 0) is 13.9 Å². The molecule has 5 heteroatoms. The fraction of sp³-hybridized carbons (Fsp3) is 0.846. The molecule has 18 heavy (non-hydrogen) atoms. The van der Waals surface area contributed by atoms with Crippen LogP contribution in [0.15, 0.2) is 0 Å². The van der Waals surface area contributed by atoms with Crippen LogP contribution in [0.25, 0.3) is 0 Å². The van der Waals surface area contributed by atoms with Crippen LogP contribution in [-0.4, -0.2) is 34.4 Å². The van der Waals surface area contributed by atoms with Crippen molar-refractivity contribution >= 4 is 24.2 Å². The maximum atomic E-state index is 6.25. The van der Waals surface area contributed by atoms with Gasteiger partial charge in [0.1, 0.15) is 12.9 Å². The molecule has 0 heterocycles. The summed E-state index contributed by atoms with van der Waals surface area (Å²) < 4.78 is 16.7. The largest absolute Gasteiger partial charge is 0.411 e. The zero-order chi connectivity index (χ0) is 14.4. The summed E-state index contributed by atoms with van der Waals surface area (Å²) in [5, 5.41) is 0.175. The maximum absolute atomic E-state index is 6.25. The van der Waals surface area contributed by atoms with E-state index >= 15 is 0 Å². The summed E-state index contributed by atoms with van der Waals surface area (Å²) in [6, 6.07) is 0. The predicted molar refractivity (Wildman–Crippen MR) is 81.2 cm³/mol. The first-order valence-corrected chi connectivity index (χ1v) is 9.75. The van der Waals surface area contributed by atoms with E-state index in [-0.39, 0.29) is 24.0 Å². The molecule has 0 fully saturated rings. The molecule has 0 bridgehead atoms. The highest BCUT2D eigenvalue weighted by molar-refractivity contribution is 9.12. The van der Waals surface area contributed by atoms with E-state index in [1.807, 2.05) is 6.92 Å². The standard InChI is InChI=1S/C13H25BrO3Si/c1-11(12(8-9-14)16-10-15-5)17-18(6,7)13(2,3)4/h11-12H,10H2,1-7H3/t11-,12+/m0/s1. The average Bonchev–Trinajstić information content (AvgIpc) is 2.21. The lowest BCUT2D eigenvalue weighted by Crippen LogP contribution is -2.46. The molecule has 0 aromatic heterocycles. The molecule has 3 nitrogen and oxygen atoms in total. The van der Waals surface area contributed by atoms with E-state index in [0.717, 1.165) is 0 Å². The molecule has 0 amide bonds. The van der Waals surface area contributed by atoms with Gasteiger partial charge in [-0.3, -0.25) is 0 Å². The van der Waals surface area contributed by atoms with Gasteiger partial charge < -0.3 is 13.9 Å². The Morgan fingerprint density at radius 3 is 2.22 bits per heavy atom.